The van der Waals surface area contributed by atoms with Crippen LogP contribution in [0.2, 0.25) is 0 Å². The van der Waals surface area contributed by atoms with Gasteiger partial charge in [0.1, 0.15) is 5.82 Å². The van der Waals surface area contributed by atoms with Gasteiger partial charge in [-0.05, 0) is 36.5 Å². The van der Waals surface area contributed by atoms with Crippen molar-refractivity contribution in [2.45, 2.75) is 25.8 Å². The molecule has 0 fully saturated rings. The van der Waals surface area contributed by atoms with Crippen molar-refractivity contribution in [2.75, 3.05) is 0 Å². The summed E-state index contributed by atoms with van der Waals surface area (Å²) in [6.07, 6.45) is 6.88. The molecule has 1 unspecified atom stereocenters. The first kappa shape index (κ1) is 11.8. The third-order valence-electron chi connectivity index (χ3n) is 2.94. The SMILES string of the molecule is O=C(CC1C=CCC1)NCc1cccc(F)c1. The second kappa shape index (κ2) is 5.62. The maximum atomic E-state index is 12.9. The van der Waals surface area contributed by atoms with Crippen LogP contribution in [-0.2, 0) is 11.3 Å². The number of halogens is 1. The van der Waals surface area contributed by atoms with Gasteiger partial charge in [-0.1, -0.05) is 24.3 Å². The van der Waals surface area contributed by atoms with E-state index in [0.29, 0.717) is 18.9 Å². The summed E-state index contributed by atoms with van der Waals surface area (Å²) in [6, 6.07) is 6.29. The molecule has 1 aromatic rings. The molecule has 0 aromatic heterocycles. The lowest BCUT2D eigenvalue weighted by Gasteiger charge is -2.08. The molecule has 3 heteroatoms. The molecule has 17 heavy (non-hydrogen) atoms. The van der Waals surface area contributed by atoms with Gasteiger partial charge in [0.25, 0.3) is 0 Å². The molecule has 1 aliphatic rings. The van der Waals surface area contributed by atoms with E-state index < -0.39 is 0 Å². The number of carbonyl (C=O) groups is 1. The topological polar surface area (TPSA) is 29.1 Å². The van der Waals surface area contributed by atoms with E-state index in [4.69, 9.17) is 0 Å². The molecule has 1 atom stereocenters. The van der Waals surface area contributed by atoms with E-state index in [1.165, 1.54) is 12.1 Å². The molecular weight excluding hydrogens is 217 g/mol. The zero-order chi connectivity index (χ0) is 12.1. The van der Waals surface area contributed by atoms with E-state index in [1.807, 2.05) is 0 Å². The Kier molecular flexibility index (Phi) is 3.91. The van der Waals surface area contributed by atoms with Crippen LogP contribution in [0, 0.1) is 11.7 Å². The van der Waals surface area contributed by atoms with Crippen molar-refractivity contribution >= 4 is 5.91 Å². The molecule has 2 nitrogen and oxygen atoms in total. The van der Waals surface area contributed by atoms with Crippen molar-refractivity contribution < 1.29 is 9.18 Å². The quantitative estimate of drug-likeness (QED) is 0.796. The van der Waals surface area contributed by atoms with Gasteiger partial charge in [-0.2, -0.15) is 0 Å². The van der Waals surface area contributed by atoms with Gasteiger partial charge >= 0.3 is 0 Å². The zero-order valence-corrected chi connectivity index (χ0v) is 9.66. The predicted octanol–water partition coefficient (Wildman–Crippen LogP) is 2.80. The predicted molar refractivity (Wildman–Crippen MR) is 64.7 cm³/mol. The minimum absolute atomic E-state index is 0.0332. The maximum Gasteiger partial charge on any atom is 0.220 e. The molecule has 1 aliphatic carbocycles. The number of hydrogen-bond acceptors (Lipinski definition) is 1. The highest BCUT2D eigenvalue weighted by Crippen LogP contribution is 2.20. The van der Waals surface area contributed by atoms with Crippen molar-refractivity contribution in [1.82, 2.24) is 5.32 Å². The molecule has 2 rings (SSSR count). The van der Waals surface area contributed by atoms with Crippen LogP contribution < -0.4 is 5.32 Å². The lowest BCUT2D eigenvalue weighted by atomic mass is 10.1. The van der Waals surface area contributed by atoms with Gasteiger partial charge in [-0.15, -0.1) is 0 Å². The Labute approximate surface area is 101 Å². The van der Waals surface area contributed by atoms with E-state index in [2.05, 4.69) is 17.5 Å². The van der Waals surface area contributed by atoms with Crippen LogP contribution in [-0.4, -0.2) is 5.91 Å². The summed E-state index contributed by atoms with van der Waals surface area (Å²) < 4.78 is 12.9. The van der Waals surface area contributed by atoms with Crippen molar-refractivity contribution in [3.63, 3.8) is 0 Å². The number of nitrogens with one attached hydrogen (secondary N) is 1. The van der Waals surface area contributed by atoms with Crippen LogP contribution in [0.5, 0.6) is 0 Å². The Balaban J connectivity index is 1.77. The van der Waals surface area contributed by atoms with Crippen LogP contribution in [0.15, 0.2) is 36.4 Å². The number of allylic oxidation sites excluding steroid dienone is 2. The van der Waals surface area contributed by atoms with Crippen LogP contribution >= 0.6 is 0 Å². The van der Waals surface area contributed by atoms with E-state index in [1.54, 1.807) is 12.1 Å². The monoisotopic (exact) mass is 233 g/mol. The number of rotatable bonds is 4. The lowest BCUT2D eigenvalue weighted by molar-refractivity contribution is -0.121. The van der Waals surface area contributed by atoms with Crippen molar-refractivity contribution in [1.29, 1.82) is 0 Å². The molecule has 1 amide bonds. The first-order valence-electron chi connectivity index (χ1n) is 5.92. The Morgan fingerprint density at radius 3 is 3.06 bits per heavy atom. The molecule has 1 aromatic carbocycles. The van der Waals surface area contributed by atoms with Gasteiger partial charge < -0.3 is 5.32 Å². The third-order valence-corrected chi connectivity index (χ3v) is 2.94. The second-order valence-corrected chi connectivity index (χ2v) is 4.38. The summed E-state index contributed by atoms with van der Waals surface area (Å²) in [6.45, 7) is 0.396. The van der Waals surface area contributed by atoms with Gasteiger partial charge in [0.05, 0.1) is 0 Å². The molecule has 0 radical (unpaired) electrons. The van der Waals surface area contributed by atoms with E-state index in [-0.39, 0.29) is 11.7 Å². The molecule has 0 saturated carbocycles. The summed E-state index contributed by atoms with van der Waals surface area (Å²) in [5.74, 6) is 0.142. The zero-order valence-electron chi connectivity index (χ0n) is 9.66. The minimum atomic E-state index is -0.268. The highest BCUT2D eigenvalue weighted by Gasteiger charge is 2.13. The minimum Gasteiger partial charge on any atom is -0.352 e. The van der Waals surface area contributed by atoms with E-state index in [9.17, 15) is 9.18 Å². The highest BCUT2D eigenvalue weighted by atomic mass is 19.1. The average molecular weight is 233 g/mol. The molecule has 0 aliphatic heterocycles. The number of benzene rings is 1. The second-order valence-electron chi connectivity index (χ2n) is 4.38. The summed E-state index contributed by atoms with van der Waals surface area (Å²) in [5.41, 5.74) is 0.792. The van der Waals surface area contributed by atoms with Gasteiger partial charge in [-0.25, -0.2) is 4.39 Å². The van der Waals surface area contributed by atoms with E-state index in [0.717, 1.165) is 18.4 Å². The Bertz CT molecular complexity index is 428. The van der Waals surface area contributed by atoms with Gasteiger partial charge in [0.2, 0.25) is 5.91 Å². The van der Waals surface area contributed by atoms with Crippen LogP contribution in [0.25, 0.3) is 0 Å². The number of amides is 1. The fourth-order valence-corrected chi connectivity index (χ4v) is 2.02. The van der Waals surface area contributed by atoms with Crippen molar-refractivity contribution in [3.8, 4) is 0 Å². The summed E-state index contributed by atoms with van der Waals surface area (Å²) in [5, 5.41) is 2.81. The lowest BCUT2D eigenvalue weighted by Crippen LogP contribution is -2.24. The fraction of sp³-hybridized carbons (Fsp3) is 0.357. The summed E-state index contributed by atoms with van der Waals surface area (Å²) >= 11 is 0. The first-order chi connectivity index (χ1) is 8.24. The van der Waals surface area contributed by atoms with Gasteiger partial charge in [0.15, 0.2) is 0 Å². The Hall–Kier alpha value is -1.64. The largest absolute Gasteiger partial charge is 0.352 e. The van der Waals surface area contributed by atoms with Gasteiger partial charge in [0, 0.05) is 13.0 Å². The fourth-order valence-electron chi connectivity index (χ4n) is 2.02. The number of carbonyl (C=O) groups excluding carboxylic acids is 1. The van der Waals surface area contributed by atoms with Gasteiger partial charge in [-0.3, -0.25) is 4.79 Å². The molecule has 0 saturated heterocycles. The summed E-state index contributed by atoms with van der Waals surface area (Å²) in [7, 11) is 0. The highest BCUT2D eigenvalue weighted by molar-refractivity contribution is 5.76. The first-order valence-corrected chi connectivity index (χ1v) is 5.92. The molecule has 0 spiro atoms. The third kappa shape index (κ3) is 3.70. The number of hydrogen-bond donors (Lipinski definition) is 1. The molecule has 90 valence electrons. The maximum absolute atomic E-state index is 12.9. The Morgan fingerprint density at radius 2 is 2.35 bits per heavy atom. The van der Waals surface area contributed by atoms with Crippen molar-refractivity contribution in [2.24, 2.45) is 5.92 Å². The van der Waals surface area contributed by atoms with E-state index >= 15 is 0 Å². The smallest absolute Gasteiger partial charge is 0.220 e. The van der Waals surface area contributed by atoms with Crippen LogP contribution in [0.4, 0.5) is 4.39 Å². The van der Waals surface area contributed by atoms with Crippen LogP contribution in [0.3, 0.4) is 0 Å². The van der Waals surface area contributed by atoms with Crippen molar-refractivity contribution in [3.05, 3.63) is 47.8 Å². The molecule has 0 heterocycles. The molecular formula is C14H16FNO. The normalized spacial score (nSPS) is 18.3. The molecule has 1 N–H and O–H groups in total. The average Bonchev–Trinajstić information content (AvgIpc) is 2.79. The standard InChI is InChI=1S/C14H16FNO/c15-13-7-3-6-12(8-13)10-16-14(17)9-11-4-1-2-5-11/h1,3-4,6-8,11H,2,5,9-10H2,(H,16,17). The Morgan fingerprint density at radius 1 is 1.47 bits per heavy atom. The van der Waals surface area contributed by atoms with Crippen LogP contribution in [0.1, 0.15) is 24.8 Å². The molecule has 0 bridgehead atoms. The summed E-state index contributed by atoms with van der Waals surface area (Å²) in [4.78, 5) is 11.6.